The first-order chi connectivity index (χ1) is 9.04. The van der Waals surface area contributed by atoms with Crippen LogP contribution in [-0.4, -0.2) is 15.6 Å². The predicted octanol–water partition coefficient (Wildman–Crippen LogP) is 4.08. The molecule has 19 heavy (non-hydrogen) atoms. The highest BCUT2D eigenvalue weighted by atomic mass is 79.9. The summed E-state index contributed by atoms with van der Waals surface area (Å²) in [5.74, 6) is -0.813. The van der Waals surface area contributed by atoms with Crippen LogP contribution in [0.25, 0.3) is 0 Å². The lowest BCUT2D eigenvalue weighted by Gasteiger charge is -2.07. The van der Waals surface area contributed by atoms with Crippen molar-refractivity contribution >= 4 is 33.3 Å². The molecule has 0 fully saturated rings. The lowest BCUT2D eigenvalue weighted by Crippen LogP contribution is -2.12. The summed E-state index contributed by atoms with van der Waals surface area (Å²) < 4.78 is 15.3. The van der Waals surface area contributed by atoms with Gasteiger partial charge in [-0.15, -0.1) is 0 Å². The molecule has 6 heteroatoms. The van der Waals surface area contributed by atoms with Gasteiger partial charge in [0.15, 0.2) is 0 Å². The minimum atomic E-state index is -0.468. The van der Waals surface area contributed by atoms with Crippen molar-refractivity contribution in [2.45, 2.75) is 19.9 Å². The molecule has 0 bridgehead atoms. The summed E-state index contributed by atoms with van der Waals surface area (Å²) in [5.41, 5.74) is 0.523. The van der Waals surface area contributed by atoms with Crippen molar-refractivity contribution in [1.82, 2.24) is 9.78 Å². The summed E-state index contributed by atoms with van der Waals surface area (Å²) in [6, 6.07) is 3.97. The molecule has 0 saturated heterocycles. The van der Waals surface area contributed by atoms with Crippen molar-refractivity contribution in [1.29, 1.82) is 0 Å². The van der Waals surface area contributed by atoms with Crippen molar-refractivity contribution in [3.8, 4) is 0 Å². The topological polar surface area (TPSA) is 34.9 Å². The minimum Gasteiger partial charge on any atom is -0.287 e. The maximum atomic E-state index is 13.3. The molecular weight excluding hydrogens is 335 g/mol. The Kier molecular flexibility index (Phi) is 4.37. The number of aromatic nitrogens is 2. The number of carbonyl (C=O) groups excluding carboxylic acids is 1. The highest BCUT2D eigenvalue weighted by Crippen LogP contribution is 2.25. The SMILES string of the molecule is CCCn1ncc(Cl)c1C(=O)c1cc(F)ccc1Br. The second-order valence-electron chi connectivity index (χ2n) is 4.02. The highest BCUT2D eigenvalue weighted by Gasteiger charge is 2.21. The molecule has 1 heterocycles. The van der Waals surface area contributed by atoms with Gasteiger partial charge in [0.25, 0.3) is 0 Å². The summed E-state index contributed by atoms with van der Waals surface area (Å²) in [7, 11) is 0. The summed E-state index contributed by atoms with van der Waals surface area (Å²) >= 11 is 9.25. The minimum absolute atomic E-state index is 0.236. The van der Waals surface area contributed by atoms with Crippen LogP contribution in [0.1, 0.15) is 29.4 Å². The fourth-order valence-electron chi connectivity index (χ4n) is 1.77. The average molecular weight is 346 g/mol. The van der Waals surface area contributed by atoms with Crippen LogP contribution < -0.4 is 0 Å². The number of halogens is 3. The fourth-order valence-corrected chi connectivity index (χ4v) is 2.42. The fraction of sp³-hybridized carbons (Fsp3) is 0.231. The van der Waals surface area contributed by atoms with Crippen molar-refractivity contribution in [3.63, 3.8) is 0 Å². The zero-order valence-corrected chi connectivity index (χ0v) is 12.5. The Hall–Kier alpha value is -1.20. The van der Waals surface area contributed by atoms with E-state index in [-0.39, 0.29) is 22.1 Å². The molecular formula is C13H11BrClFN2O. The van der Waals surface area contributed by atoms with E-state index in [1.807, 2.05) is 6.92 Å². The summed E-state index contributed by atoms with van der Waals surface area (Å²) in [5, 5.41) is 4.33. The van der Waals surface area contributed by atoms with Crippen LogP contribution in [-0.2, 0) is 6.54 Å². The molecule has 1 aromatic carbocycles. The van der Waals surface area contributed by atoms with Crippen LogP contribution in [0.15, 0.2) is 28.9 Å². The third kappa shape index (κ3) is 2.87. The van der Waals surface area contributed by atoms with E-state index in [1.54, 1.807) is 4.68 Å². The van der Waals surface area contributed by atoms with Crippen molar-refractivity contribution in [2.75, 3.05) is 0 Å². The largest absolute Gasteiger partial charge is 0.287 e. The number of benzene rings is 1. The predicted molar refractivity (Wildman–Crippen MR) is 75.1 cm³/mol. The van der Waals surface area contributed by atoms with Crippen molar-refractivity contribution in [3.05, 3.63) is 51.0 Å². The Bertz CT molecular complexity index is 627. The molecule has 3 nitrogen and oxygen atoms in total. The molecule has 1 aromatic heterocycles. The Labute approximate surface area is 123 Å². The third-order valence-corrected chi connectivity index (χ3v) is 3.59. The van der Waals surface area contributed by atoms with E-state index in [0.29, 0.717) is 11.0 Å². The zero-order valence-electron chi connectivity index (χ0n) is 10.2. The lowest BCUT2D eigenvalue weighted by molar-refractivity contribution is 0.102. The van der Waals surface area contributed by atoms with Gasteiger partial charge in [0.2, 0.25) is 5.78 Å². The first kappa shape index (κ1) is 14.2. The quantitative estimate of drug-likeness (QED) is 0.783. The van der Waals surface area contributed by atoms with Gasteiger partial charge in [-0.3, -0.25) is 9.48 Å². The molecule has 100 valence electrons. The molecule has 0 spiro atoms. The van der Waals surface area contributed by atoms with Crippen molar-refractivity contribution in [2.24, 2.45) is 0 Å². The Morgan fingerprint density at radius 2 is 2.26 bits per heavy atom. The van der Waals surface area contributed by atoms with Gasteiger partial charge >= 0.3 is 0 Å². The van der Waals surface area contributed by atoms with E-state index in [1.165, 1.54) is 24.4 Å². The van der Waals surface area contributed by atoms with Gasteiger partial charge in [0.1, 0.15) is 11.5 Å². The molecule has 0 aliphatic rings. The van der Waals surface area contributed by atoms with Crippen LogP contribution in [0.3, 0.4) is 0 Å². The van der Waals surface area contributed by atoms with Crippen LogP contribution in [0.4, 0.5) is 4.39 Å². The number of hydrogen-bond donors (Lipinski definition) is 0. The average Bonchev–Trinajstić information content (AvgIpc) is 2.73. The number of carbonyl (C=O) groups is 1. The second-order valence-corrected chi connectivity index (χ2v) is 5.28. The first-order valence-electron chi connectivity index (χ1n) is 5.75. The molecule has 2 aromatic rings. The van der Waals surface area contributed by atoms with Gasteiger partial charge < -0.3 is 0 Å². The van der Waals surface area contributed by atoms with E-state index < -0.39 is 5.82 Å². The molecule has 0 atom stereocenters. The smallest absolute Gasteiger partial charge is 0.213 e. The Morgan fingerprint density at radius 3 is 2.95 bits per heavy atom. The molecule has 0 N–H and O–H groups in total. The second kappa shape index (κ2) is 5.84. The normalized spacial score (nSPS) is 10.7. The molecule has 0 aliphatic heterocycles. The van der Waals surface area contributed by atoms with E-state index in [0.717, 1.165) is 6.42 Å². The molecule has 0 aliphatic carbocycles. The molecule has 0 saturated carbocycles. The summed E-state index contributed by atoms with van der Waals surface area (Å²) in [4.78, 5) is 12.5. The van der Waals surface area contributed by atoms with Gasteiger partial charge in [-0.1, -0.05) is 34.5 Å². The lowest BCUT2D eigenvalue weighted by atomic mass is 10.1. The summed E-state index contributed by atoms with van der Waals surface area (Å²) in [6.45, 7) is 2.56. The Morgan fingerprint density at radius 1 is 1.53 bits per heavy atom. The number of hydrogen-bond acceptors (Lipinski definition) is 2. The molecule has 0 radical (unpaired) electrons. The van der Waals surface area contributed by atoms with Gasteiger partial charge in [-0.2, -0.15) is 5.10 Å². The molecule has 0 amide bonds. The monoisotopic (exact) mass is 344 g/mol. The van der Waals surface area contributed by atoms with Gasteiger partial charge in [-0.05, 0) is 24.6 Å². The van der Waals surface area contributed by atoms with E-state index in [4.69, 9.17) is 11.6 Å². The Balaban J connectivity index is 2.49. The number of ketones is 1. The number of rotatable bonds is 4. The molecule has 2 rings (SSSR count). The first-order valence-corrected chi connectivity index (χ1v) is 6.92. The van der Waals surface area contributed by atoms with E-state index in [9.17, 15) is 9.18 Å². The van der Waals surface area contributed by atoms with Crippen molar-refractivity contribution < 1.29 is 9.18 Å². The maximum Gasteiger partial charge on any atom is 0.213 e. The summed E-state index contributed by atoms with van der Waals surface area (Å²) in [6.07, 6.45) is 2.25. The van der Waals surface area contributed by atoms with Crippen LogP contribution in [0.2, 0.25) is 5.02 Å². The molecule has 0 unspecified atom stereocenters. The number of nitrogens with zero attached hydrogens (tertiary/aromatic N) is 2. The van der Waals surface area contributed by atoms with Gasteiger partial charge in [-0.25, -0.2) is 4.39 Å². The zero-order chi connectivity index (χ0) is 14.0. The standard InChI is InChI=1S/C13H11BrClFN2O/c1-2-5-18-12(11(15)7-17-18)13(19)9-6-8(16)3-4-10(9)14/h3-4,6-7H,2,5H2,1H3. The van der Waals surface area contributed by atoms with E-state index in [2.05, 4.69) is 21.0 Å². The highest BCUT2D eigenvalue weighted by molar-refractivity contribution is 9.10. The number of aryl methyl sites for hydroxylation is 1. The van der Waals surface area contributed by atoms with E-state index >= 15 is 0 Å². The van der Waals surface area contributed by atoms with Gasteiger partial charge in [0.05, 0.1) is 11.2 Å². The van der Waals surface area contributed by atoms with Crippen LogP contribution in [0.5, 0.6) is 0 Å². The van der Waals surface area contributed by atoms with Crippen LogP contribution >= 0.6 is 27.5 Å². The van der Waals surface area contributed by atoms with Gasteiger partial charge in [0, 0.05) is 16.6 Å². The maximum absolute atomic E-state index is 13.3. The van der Waals surface area contributed by atoms with Crippen LogP contribution in [0, 0.1) is 5.82 Å². The third-order valence-electron chi connectivity index (χ3n) is 2.62.